The van der Waals surface area contributed by atoms with Gasteiger partial charge in [-0.05, 0) is 87.8 Å². The maximum Gasteiger partial charge on any atom is 0.344 e. The smallest absolute Gasteiger partial charge is 0.344 e. The Labute approximate surface area is 347 Å². The minimum Gasteiger partial charge on any atom is -0.480 e. The minimum absolute atomic E-state index is 0.0263. The van der Waals surface area contributed by atoms with Crippen molar-refractivity contribution in [2.75, 3.05) is 50.0 Å². The summed E-state index contributed by atoms with van der Waals surface area (Å²) < 4.78 is 15.8. The minimum atomic E-state index is -0.831. The highest BCUT2D eigenvalue weighted by Gasteiger charge is 2.27. The first-order chi connectivity index (χ1) is 27.6. The summed E-state index contributed by atoms with van der Waals surface area (Å²) in [5.41, 5.74) is 4.92. The van der Waals surface area contributed by atoms with Gasteiger partial charge in [0.2, 0.25) is 5.91 Å². The van der Waals surface area contributed by atoms with E-state index in [1.807, 2.05) is 13.8 Å². The van der Waals surface area contributed by atoms with E-state index < -0.39 is 30.6 Å². The van der Waals surface area contributed by atoms with Crippen molar-refractivity contribution in [2.45, 2.75) is 66.9 Å². The fraction of sp³-hybridized carbons (Fsp3) is 0.381. The van der Waals surface area contributed by atoms with Gasteiger partial charge in [0, 0.05) is 53.4 Å². The summed E-state index contributed by atoms with van der Waals surface area (Å²) in [6.45, 7) is 17.0. The van der Waals surface area contributed by atoms with Crippen LogP contribution in [-0.4, -0.2) is 90.8 Å². The summed E-state index contributed by atoms with van der Waals surface area (Å²) in [6, 6.07) is 7.80. The molecule has 0 spiro atoms. The number of H-pyrrole nitrogens is 1. The number of ketones is 1. The van der Waals surface area contributed by atoms with E-state index >= 15 is 0 Å². The van der Waals surface area contributed by atoms with Crippen LogP contribution in [0.3, 0.4) is 0 Å². The van der Waals surface area contributed by atoms with Crippen LogP contribution in [0, 0.1) is 13.8 Å². The van der Waals surface area contributed by atoms with E-state index in [1.54, 1.807) is 31.2 Å². The number of nitrogens with one attached hydrogen (secondary N) is 4. The highest BCUT2D eigenvalue weighted by molar-refractivity contribution is 6.45. The fourth-order valence-electron chi connectivity index (χ4n) is 6.09. The number of aromatic amines is 1. The summed E-state index contributed by atoms with van der Waals surface area (Å²) in [5.74, 6) is -2.72. The number of carbonyl (C=O) groups is 6. The van der Waals surface area contributed by atoms with Gasteiger partial charge in [0.05, 0.1) is 22.6 Å². The molecule has 0 saturated heterocycles. The number of aryl methyl sites for hydroxylation is 1. The predicted octanol–water partition coefficient (Wildman–Crippen LogP) is 6.92. The van der Waals surface area contributed by atoms with Crippen molar-refractivity contribution in [3.63, 3.8) is 0 Å². The fourth-order valence-corrected chi connectivity index (χ4v) is 6.55. The third kappa shape index (κ3) is 11.6. The van der Waals surface area contributed by atoms with Gasteiger partial charge in [-0.3, -0.25) is 24.0 Å². The van der Waals surface area contributed by atoms with Gasteiger partial charge in [-0.2, -0.15) is 0 Å². The number of rotatable bonds is 20. The molecule has 16 heteroatoms. The molecule has 0 bridgehead atoms. The quantitative estimate of drug-likeness (QED) is 0.0529. The number of anilines is 2. The molecule has 14 nitrogen and oxygen atoms in total. The first-order valence-corrected chi connectivity index (χ1v) is 19.7. The zero-order chi connectivity index (χ0) is 42.7. The normalized spacial score (nSPS) is 13.1. The summed E-state index contributed by atoms with van der Waals surface area (Å²) >= 11 is 12.5. The van der Waals surface area contributed by atoms with Gasteiger partial charge < -0.3 is 40.0 Å². The van der Waals surface area contributed by atoms with Crippen LogP contribution in [0.25, 0.3) is 11.6 Å². The van der Waals surface area contributed by atoms with E-state index in [0.717, 1.165) is 19.6 Å². The van der Waals surface area contributed by atoms with Crippen LogP contribution < -0.4 is 20.7 Å². The number of likely N-dealkylation sites (N-methyl/N-ethyl adjacent to an activating group) is 1. The van der Waals surface area contributed by atoms with Gasteiger partial charge in [0.25, 0.3) is 11.8 Å². The largest absolute Gasteiger partial charge is 0.480 e. The molecule has 1 atom stereocenters. The first-order valence-electron chi connectivity index (χ1n) is 18.9. The predicted molar refractivity (Wildman–Crippen MR) is 223 cm³/mol. The molecule has 58 heavy (non-hydrogen) atoms. The van der Waals surface area contributed by atoms with Crippen LogP contribution in [0.1, 0.15) is 90.2 Å². The summed E-state index contributed by atoms with van der Waals surface area (Å²) in [6.07, 6.45) is 0.856. The lowest BCUT2D eigenvalue weighted by molar-refractivity contribution is -0.159. The number of hydrogen-bond acceptors (Lipinski definition) is 10. The Morgan fingerprint density at radius 1 is 0.983 bits per heavy atom. The number of esters is 2. The van der Waals surface area contributed by atoms with E-state index in [1.165, 1.54) is 19.1 Å². The number of benzene rings is 2. The van der Waals surface area contributed by atoms with Crippen molar-refractivity contribution < 1.29 is 43.0 Å². The molecule has 1 unspecified atom stereocenters. The lowest BCUT2D eigenvalue weighted by atomic mass is 10.0. The second kappa shape index (κ2) is 20.8. The molecule has 0 saturated carbocycles. The Morgan fingerprint density at radius 2 is 1.71 bits per heavy atom. The second-order valence-corrected chi connectivity index (χ2v) is 14.3. The maximum atomic E-state index is 13.1. The summed E-state index contributed by atoms with van der Waals surface area (Å²) in [5, 5.41) is 8.48. The second-order valence-electron chi connectivity index (χ2n) is 13.6. The summed E-state index contributed by atoms with van der Waals surface area (Å²) in [4.78, 5) is 81.5. The van der Waals surface area contributed by atoms with Crippen LogP contribution in [0.2, 0.25) is 10.0 Å². The van der Waals surface area contributed by atoms with E-state index in [9.17, 15) is 28.8 Å². The van der Waals surface area contributed by atoms with Crippen LogP contribution in [-0.2, 0) is 28.7 Å². The van der Waals surface area contributed by atoms with Crippen LogP contribution in [0.5, 0.6) is 5.75 Å². The summed E-state index contributed by atoms with van der Waals surface area (Å²) in [7, 11) is 0. The monoisotopic (exact) mass is 837 g/mol. The standard InChI is InChI=1S/C42H49Cl2N5O9/c1-8-23(4)40(53)28-12-14-33(39(44)38(28)43)56-22-36(52)58-24(5)21-57-35(51)16-15-34(50)47-27-11-13-31-29(19-27)30(41(54)48-31)20-32-25(6)37(26(7)46-32)42(55)45-17-18-49(9-2)10-3/h11-14,19-20,24,46H,4,8-10,15-18,21-22H2,1-3,5-7H3,(H,45,55)(H,47,50)(H,48,54)/b30-20-. The molecule has 4 N–H and O–H groups in total. The Hall–Kier alpha value is -5.44. The molecular formula is C42H49Cl2N5O9. The third-order valence-electron chi connectivity index (χ3n) is 9.44. The molecule has 310 valence electrons. The SMILES string of the molecule is C=C(CC)C(=O)c1ccc(OCC(=O)OC(C)COC(=O)CCC(=O)Nc2ccc3c(c2)/C(=C/c2[nH]c(C)c(C(=O)NCCN(CC)CC)c2C)C(=O)N3)c(Cl)c1Cl. The van der Waals surface area contributed by atoms with Crippen molar-refractivity contribution in [1.82, 2.24) is 15.2 Å². The van der Waals surface area contributed by atoms with Gasteiger partial charge in [-0.15, -0.1) is 0 Å². The molecule has 3 amide bonds. The third-order valence-corrected chi connectivity index (χ3v) is 10.3. The van der Waals surface area contributed by atoms with E-state index in [-0.39, 0.29) is 58.4 Å². The molecule has 2 aromatic carbocycles. The van der Waals surface area contributed by atoms with Crippen molar-refractivity contribution >= 4 is 81.7 Å². The van der Waals surface area contributed by atoms with E-state index in [0.29, 0.717) is 63.6 Å². The molecule has 4 rings (SSSR count). The van der Waals surface area contributed by atoms with Crippen molar-refractivity contribution in [3.8, 4) is 5.75 Å². The number of hydrogen-bond donors (Lipinski definition) is 4. The molecule has 2 heterocycles. The van der Waals surface area contributed by atoms with Crippen LogP contribution in [0.15, 0.2) is 42.5 Å². The topological polar surface area (TPSA) is 185 Å². The number of amides is 3. The first kappa shape index (κ1) is 45.3. The van der Waals surface area contributed by atoms with Crippen LogP contribution in [0.4, 0.5) is 11.4 Å². The van der Waals surface area contributed by atoms with Gasteiger partial charge in [-0.25, -0.2) is 4.79 Å². The number of ether oxygens (including phenoxy) is 3. The van der Waals surface area contributed by atoms with Gasteiger partial charge in [0.15, 0.2) is 12.4 Å². The Morgan fingerprint density at radius 3 is 2.40 bits per heavy atom. The van der Waals surface area contributed by atoms with Crippen molar-refractivity contribution in [1.29, 1.82) is 0 Å². The zero-order valence-corrected chi connectivity index (χ0v) is 35.0. The molecular weight excluding hydrogens is 789 g/mol. The Balaban J connectivity index is 1.25. The Kier molecular flexibility index (Phi) is 16.3. The number of carbonyl (C=O) groups excluding carboxylic acids is 6. The Bertz CT molecular complexity index is 2120. The molecule has 3 aromatic rings. The van der Waals surface area contributed by atoms with Gasteiger partial charge in [-0.1, -0.05) is 50.6 Å². The highest BCUT2D eigenvalue weighted by Crippen LogP contribution is 2.37. The van der Waals surface area contributed by atoms with Crippen molar-refractivity contribution in [3.05, 3.63) is 86.2 Å². The molecule has 1 aliphatic heterocycles. The lowest BCUT2D eigenvalue weighted by Gasteiger charge is -2.18. The van der Waals surface area contributed by atoms with Gasteiger partial charge in [0.1, 0.15) is 23.5 Å². The number of allylic oxidation sites excluding steroid dienone is 1. The van der Waals surface area contributed by atoms with E-state index in [2.05, 4.69) is 46.3 Å². The highest BCUT2D eigenvalue weighted by atomic mass is 35.5. The lowest BCUT2D eigenvalue weighted by Crippen LogP contribution is -2.35. The number of nitrogens with zero attached hydrogens (tertiary/aromatic N) is 1. The number of fused-ring (bicyclic) bond motifs is 1. The van der Waals surface area contributed by atoms with Crippen molar-refractivity contribution in [2.24, 2.45) is 0 Å². The molecule has 1 aromatic heterocycles. The molecule has 0 aliphatic carbocycles. The number of Topliss-reactive ketones (excluding diaryl/α,β-unsaturated/α-hetero) is 1. The zero-order valence-electron chi connectivity index (χ0n) is 33.5. The average molecular weight is 839 g/mol. The van der Waals surface area contributed by atoms with E-state index in [4.69, 9.17) is 37.4 Å². The molecule has 0 radical (unpaired) electrons. The van der Waals surface area contributed by atoms with Crippen LogP contribution >= 0.6 is 23.2 Å². The number of aromatic nitrogens is 1. The average Bonchev–Trinajstić information content (AvgIpc) is 3.66. The molecule has 0 fully saturated rings. The number of halogens is 2. The maximum absolute atomic E-state index is 13.1. The molecule has 1 aliphatic rings. The van der Waals surface area contributed by atoms with Gasteiger partial charge >= 0.3 is 11.9 Å².